The maximum absolute atomic E-state index is 12.5. The van der Waals surface area contributed by atoms with E-state index in [0.29, 0.717) is 13.1 Å². The van der Waals surface area contributed by atoms with Crippen LogP contribution in [0.5, 0.6) is 5.75 Å². The maximum Gasteiger partial charge on any atom is 0.321 e. The summed E-state index contributed by atoms with van der Waals surface area (Å²) in [6, 6.07) is 17.3. The van der Waals surface area contributed by atoms with Gasteiger partial charge in [-0.25, -0.2) is 4.79 Å². The highest BCUT2D eigenvalue weighted by Crippen LogP contribution is 2.29. The summed E-state index contributed by atoms with van der Waals surface area (Å²) in [5.74, 6) is 1.04. The highest BCUT2D eigenvalue weighted by atomic mass is 16.5. The first-order valence-corrected chi connectivity index (χ1v) is 8.16. The predicted octanol–water partition coefficient (Wildman–Crippen LogP) is 3.04. The molecule has 1 fully saturated rings. The molecule has 0 saturated carbocycles. The van der Waals surface area contributed by atoms with Gasteiger partial charge in [-0.05, 0) is 36.2 Å². The standard InChI is InChI=1S/C19H23N3O2/c1-24-18-9-5-6-14(11-18)15-10-16(20)13-22(12-15)19(23)21-17-7-3-2-4-8-17/h2-9,11,15-16H,10,12-13,20H2,1H3,(H,21,23). The monoisotopic (exact) mass is 325 g/mol. The molecule has 2 aromatic rings. The van der Waals surface area contributed by atoms with Gasteiger partial charge in [0.15, 0.2) is 0 Å². The minimum absolute atomic E-state index is 0.0310. The fourth-order valence-corrected chi connectivity index (χ4v) is 3.16. The molecule has 2 atom stereocenters. The number of nitrogens with zero attached hydrogens (tertiary/aromatic N) is 1. The number of rotatable bonds is 3. The lowest BCUT2D eigenvalue weighted by Gasteiger charge is -2.36. The lowest BCUT2D eigenvalue weighted by molar-refractivity contribution is 0.184. The molecule has 5 heteroatoms. The van der Waals surface area contributed by atoms with Crippen molar-refractivity contribution in [2.24, 2.45) is 5.73 Å². The number of nitrogens with one attached hydrogen (secondary N) is 1. The topological polar surface area (TPSA) is 67.6 Å². The zero-order chi connectivity index (χ0) is 16.9. The third-order valence-electron chi connectivity index (χ3n) is 4.36. The number of hydrogen-bond acceptors (Lipinski definition) is 3. The summed E-state index contributed by atoms with van der Waals surface area (Å²) >= 11 is 0. The molecule has 24 heavy (non-hydrogen) atoms. The molecular weight excluding hydrogens is 302 g/mol. The summed E-state index contributed by atoms with van der Waals surface area (Å²) in [6.07, 6.45) is 0.863. The molecule has 3 rings (SSSR count). The van der Waals surface area contributed by atoms with Crippen molar-refractivity contribution in [2.75, 3.05) is 25.5 Å². The Morgan fingerprint density at radius 1 is 1.17 bits per heavy atom. The summed E-state index contributed by atoms with van der Waals surface area (Å²) in [7, 11) is 1.66. The first kappa shape index (κ1) is 16.3. The number of ether oxygens (including phenoxy) is 1. The average Bonchev–Trinajstić information content (AvgIpc) is 2.62. The van der Waals surface area contributed by atoms with Gasteiger partial charge in [-0.2, -0.15) is 0 Å². The SMILES string of the molecule is COc1cccc(C2CC(N)CN(C(=O)Nc3ccccc3)C2)c1. The summed E-state index contributed by atoms with van der Waals surface area (Å²) in [5, 5.41) is 2.93. The molecule has 0 spiro atoms. The molecule has 5 nitrogen and oxygen atoms in total. The number of amides is 2. The van der Waals surface area contributed by atoms with Gasteiger partial charge in [0.1, 0.15) is 5.75 Å². The molecule has 0 radical (unpaired) electrons. The number of hydrogen-bond donors (Lipinski definition) is 2. The van der Waals surface area contributed by atoms with Gasteiger partial charge >= 0.3 is 6.03 Å². The van der Waals surface area contributed by atoms with Crippen molar-refractivity contribution in [1.82, 2.24) is 4.90 Å². The van der Waals surface area contributed by atoms with Gasteiger partial charge in [-0.3, -0.25) is 0 Å². The van der Waals surface area contributed by atoms with Crippen LogP contribution in [0, 0.1) is 0 Å². The predicted molar refractivity (Wildman–Crippen MR) is 95.4 cm³/mol. The van der Waals surface area contributed by atoms with Crippen LogP contribution in [0.15, 0.2) is 54.6 Å². The molecule has 1 aliphatic rings. The Morgan fingerprint density at radius 3 is 2.71 bits per heavy atom. The van der Waals surface area contributed by atoms with Crippen LogP contribution in [0.2, 0.25) is 0 Å². The van der Waals surface area contributed by atoms with Crippen LogP contribution in [0.4, 0.5) is 10.5 Å². The van der Waals surface area contributed by atoms with Gasteiger partial charge in [0.05, 0.1) is 7.11 Å². The average molecular weight is 325 g/mol. The van der Waals surface area contributed by atoms with E-state index >= 15 is 0 Å². The number of methoxy groups -OCH3 is 1. The third kappa shape index (κ3) is 3.86. The van der Waals surface area contributed by atoms with Crippen molar-refractivity contribution in [3.8, 4) is 5.75 Å². The highest BCUT2D eigenvalue weighted by molar-refractivity contribution is 5.89. The molecule has 2 unspecified atom stereocenters. The van der Waals surface area contributed by atoms with Crippen molar-refractivity contribution in [3.05, 3.63) is 60.2 Å². The Bertz CT molecular complexity index is 690. The second-order valence-corrected chi connectivity index (χ2v) is 6.17. The second kappa shape index (κ2) is 7.36. The number of anilines is 1. The lowest BCUT2D eigenvalue weighted by Crippen LogP contribution is -2.50. The second-order valence-electron chi connectivity index (χ2n) is 6.17. The Hall–Kier alpha value is -2.53. The number of carbonyl (C=O) groups is 1. The Balaban J connectivity index is 1.71. The van der Waals surface area contributed by atoms with Gasteiger partial charge in [0.2, 0.25) is 0 Å². The quantitative estimate of drug-likeness (QED) is 0.911. The molecule has 0 bridgehead atoms. The van der Waals surface area contributed by atoms with E-state index in [2.05, 4.69) is 11.4 Å². The molecular formula is C19H23N3O2. The minimum Gasteiger partial charge on any atom is -0.497 e. The number of nitrogens with two attached hydrogens (primary N) is 1. The van der Waals surface area contributed by atoms with Crippen LogP contribution < -0.4 is 15.8 Å². The zero-order valence-corrected chi connectivity index (χ0v) is 13.8. The largest absolute Gasteiger partial charge is 0.497 e. The Labute approximate surface area is 142 Å². The van der Waals surface area contributed by atoms with E-state index in [1.165, 1.54) is 0 Å². The van der Waals surface area contributed by atoms with E-state index in [1.807, 2.05) is 48.5 Å². The molecule has 126 valence electrons. The van der Waals surface area contributed by atoms with Crippen molar-refractivity contribution in [1.29, 1.82) is 0 Å². The molecule has 2 amide bonds. The Morgan fingerprint density at radius 2 is 1.96 bits per heavy atom. The summed E-state index contributed by atoms with van der Waals surface area (Å²) in [4.78, 5) is 14.3. The molecule has 1 saturated heterocycles. The number of urea groups is 1. The number of piperidine rings is 1. The molecule has 0 aliphatic carbocycles. The van der Waals surface area contributed by atoms with Gasteiger partial charge in [-0.1, -0.05) is 30.3 Å². The van der Waals surface area contributed by atoms with E-state index in [9.17, 15) is 4.79 Å². The Kier molecular flexibility index (Phi) is 5.01. The zero-order valence-electron chi connectivity index (χ0n) is 13.8. The van der Waals surface area contributed by atoms with E-state index in [4.69, 9.17) is 10.5 Å². The first-order valence-electron chi connectivity index (χ1n) is 8.16. The summed E-state index contributed by atoms with van der Waals surface area (Å²) in [6.45, 7) is 1.22. The van der Waals surface area contributed by atoms with Crippen molar-refractivity contribution >= 4 is 11.7 Å². The maximum atomic E-state index is 12.5. The number of para-hydroxylation sites is 1. The smallest absolute Gasteiger partial charge is 0.321 e. The number of benzene rings is 2. The number of likely N-dealkylation sites (tertiary alicyclic amines) is 1. The first-order chi connectivity index (χ1) is 11.7. The van der Waals surface area contributed by atoms with Crippen molar-refractivity contribution in [2.45, 2.75) is 18.4 Å². The fourth-order valence-electron chi connectivity index (χ4n) is 3.16. The molecule has 1 aliphatic heterocycles. The summed E-state index contributed by atoms with van der Waals surface area (Å²) < 4.78 is 5.30. The van der Waals surface area contributed by atoms with E-state index < -0.39 is 0 Å². The van der Waals surface area contributed by atoms with Crippen molar-refractivity contribution < 1.29 is 9.53 Å². The normalized spacial score (nSPS) is 20.5. The molecule has 1 heterocycles. The van der Waals surface area contributed by atoms with Crippen molar-refractivity contribution in [3.63, 3.8) is 0 Å². The highest BCUT2D eigenvalue weighted by Gasteiger charge is 2.29. The van der Waals surface area contributed by atoms with Crippen LogP contribution in [0.3, 0.4) is 0 Å². The van der Waals surface area contributed by atoms with E-state index in [1.54, 1.807) is 12.0 Å². The van der Waals surface area contributed by atoms with E-state index in [-0.39, 0.29) is 18.0 Å². The summed E-state index contributed by atoms with van der Waals surface area (Å²) in [5.41, 5.74) is 8.15. The van der Waals surface area contributed by atoms with Crippen LogP contribution in [0.25, 0.3) is 0 Å². The van der Waals surface area contributed by atoms with Gasteiger partial charge in [0, 0.05) is 30.7 Å². The van der Waals surface area contributed by atoms with Crippen LogP contribution in [-0.2, 0) is 0 Å². The molecule has 0 aromatic heterocycles. The lowest BCUT2D eigenvalue weighted by atomic mass is 9.88. The van der Waals surface area contributed by atoms with E-state index in [0.717, 1.165) is 23.4 Å². The fraction of sp³-hybridized carbons (Fsp3) is 0.316. The molecule has 2 aromatic carbocycles. The van der Waals surface area contributed by atoms with Crippen LogP contribution >= 0.6 is 0 Å². The van der Waals surface area contributed by atoms with Gasteiger partial charge in [0.25, 0.3) is 0 Å². The number of carbonyl (C=O) groups excluding carboxylic acids is 1. The van der Waals surface area contributed by atoms with Crippen LogP contribution in [-0.4, -0.2) is 37.2 Å². The third-order valence-corrected chi connectivity index (χ3v) is 4.36. The van der Waals surface area contributed by atoms with Gasteiger partial charge < -0.3 is 20.7 Å². The molecule has 3 N–H and O–H groups in total. The van der Waals surface area contributed by atoms with Gasteiger partial charge in [-0.15, -0.1) is 0 Å². The van der Waals surface area contributed by atoms with Crippen LogP contribution in [0.1, 0.15) is 17.9 Å². The minimum atomic E-state index is -0.107.